The molecular weight excluding hydrogens is 250 g/mol. The SMILES string of the molecule is CC1CCCN(c2ccnc(N3CCN(C)CC3)n2)C1. The van der Waals surface area contributed by atoms with Crippen LogP contribution in [0.3, 0.4) is 0 Å². The molecule has 0 saturated carbocycles. The zero-order valence-corrected chi connectivity index (χ0v) is 12.6. The molecule has 1 aromatic heterocycles. The maximum Gasteiger partial charge on any atom is 0.227 e. The Kier molecular flexibility index (Phi) is 4.05. The molecule has 110 valence electrons. The van der Waals surface area contributed by atoms with Gasteiger partial charge in [-0.2, -0.15) is 4.98 Å². The van der Waals surface area contributed by atoms with E-state index in [2.05, 4.69) is 39.7 Å². The van der Waals surface area contributed by atoms with Crippen molar-refractivity contribution < 1.29 is 0 Å². The maximum absolute atomic E-state index is 4.80. The molecule has 0 N–H and O–H groups in total. The number of piperidine rings is 1. The predicted molar refractivity (Wildman–Crippen MR) is 82.4 cm³/mol. The van der Waals surface area contributed by atoms with Crippen LogP contribution in [0.1, 0.15) is 19.8 Å². The van der Waals surface area contributed by atoms with Gasteiger partial charge in [0.1, 0.15) is 5.82 Å². The van der Waals surface area contributed by atoms with Gasteiger partial charge in [0.15, 0.2) is 0 Å². The Morgan fingerprint density at radius 3 is 2.65 bits per heavy atom. The van der Waals surface area contributed by atoms with Crippen LogP contribution in [0.2, 0.25) is 0 Å². The molecule has 2 aliphatic rings. The van der Waals surface area contributed by atoms with Crippen molar-refractivity contribution in [3.05, 3.63) is 12.3 Å². The zero-order chi connectivity index (χ0) is 13.9. The second kappa shape index (κ2) is 5.95. The molecular formula is C15H25N5. The normalized spacial score (nSPS) is 25.0. The first-order valence-electron chi connectivity index (χ1n) is 7.74. The maximum atomic E-state index is 4.80. The first-order chi connectivity index (χ1) is 9.72. The van der Waals surface area contributed by atoms with Crippen molar-refractivity contribution in [2.75, 3.05) is 56.1 Å². The Bertz CT molecular complexity index is 442. The average Bonchev–Trinajstić information content (AvgIpc) is 2.48. The number of anilines is 2. The third-order valence-corrected chi connectivity index (χ3v) is 4.40. The molecule has 1 unspecified atom stereocenters. The largest absolute Gasteiger partial charge is 0.356 e. The fraction of sp³-hybridized carbons (Fsp3) is 0.733. The number of nitrogens with zero attached hydrogens (tertiary/aromatic N) is 5. The Morgan fingerprint density at radius 2 is 1.90 bits per heavy atom. The minimum absolute atomic E-state index is 0.769. The molecule has 3 rings (SSSR count). The quantitative estimate of drug-likeness (QED) is 0.816. The molecule has 2 aliphatic heterocycles. The molecule has 5 nitrogen and oxygen atoms in total. The van der Waals surface area contributed by atoms with E-state index < -0.39 is 0 Å². The lowest BCUT2D eigenvalue weighted by atomic mass is 10.0. The lowest BCUT2D eigenvalue weighted by Gasteiger charge is -2.34. The van der Waals surface area contributed by atoms with Gasteiger partial charge in [-0.05, 0) is 31.9 Å². The van der Waals surface area contributed by atoms with E-state index in [1.165, 1.54) is 12.8 Å². The van der Waals surface area contributed by atoms with Crippen molar-refractivity contribution in [1.29, 1.82) is 0 Å². The van der Waals surface area contributed by atoms with Crippen molar-refractivity contribution in [1.82, 2.24) is 14.9 Å². The molecule has 1 atom stereocenters. The second-order valence-corrected chi connectivity index (χ2v) is 6.20. The smallest absolute Gasteiger partial charge is 0.227 e. The lowest BCUT2D eigenvalue weighted by Crippen LogP contribution is -2.45. The summed E-state index contributed by atoms with van der Waals surface area (Å²) in [6, 6.07) is 2.05. The summed E-state index contributed by atoms with van der Waals surface area (Å²) < 4.78 is 0. The van der Waals surface area contributed by atoms with Crippen molar-refractivity contribution in [2.24, 2.45) is 5.92 Å². The molecule has 0 spiro atoms. The van der Waals surface area contributed by atoms with Crippen LogP contribution in [0.4, 0.5) is 11.8 Å². The topological polar surface area (TPSA) is 35.5 Å². The number of rotatable bonds is 2. The summed E-state index contributed by atoms with van der Waals surface area (Å²) in [5.41, 5.74) is 0. The van der Waals surface area contributed by atoms with E-state index in [1.807, 2.05) is 6.20 Å². The second-order valence-electron chi connectivity index (χ2n) is 6.20. The van der Waals surface area contributed by atoms with Gasteiger partial charge < -0.3 is 14.7 Å². The Morgan fingerprint density at radius 1 is 1.10 bits per heavy atom. The van der Waals surface area contributed by atoms with Gasteiger partial charge in [0.05, 0.1) is 0 Å². The van der Waals surface area contributed by atoms with E-state index in [9.17, 15) is 0 Å². The molecule has 5 heteroatoms. The van der Waals surface area contributed by atoms with Gasteiger partial charge in [0, 0.05) is 45.5 Å². The highest BCUT2D eigenvalue weighted by molar-refractivity contribution is 5.44. The third-order valence-electron chi connectivity index (χ3n) is 4.40. The van der Waals surface area contributed by atoms with Crippen LogP contribution in [0, 0.1) is 5.92 Å². The van der Waals surface area contributed by atoms with E-state index in [-0.39, 0.29) is 0 Å². The predicted octanol–water partition coefficient (Wildman–Crippen LogP) is 1.46. The molecule has 1 aromatic rings. The highest BCUT2D eigenvalue weighted by Crippen LogP contribution is 2.22. The molecule has 3 heterocycles. The molecule has 2 fully saturated rings. The monoisotopic (exact) mass is 275 g/mol. The number of aromatic nitrogens is 2. The number of hydrogen-bond donors (Lipinski definition) is 0. The van der Waals surface area contributed by atoms with Crippen LogP contribution in [0.5, 0.6) is 0 Å². The first kappa shape index (κ1) is 13.6. The number of hydrogen-bond acceptors (Lipinski definition) is 5. The molecule has 0 bridgehead atoms. The van der Waals surface area contributed by atoms with Gasteiger partial charge in [0.2, 0.25) is 5.95 Å². The van der Waals surface area contributed by atoms with Gasteiger partial charge in [-0.15, -0.1) is 0 Å². The van der Waals surface area contributed by atoms with Gasteiger partial charge >= 0.3 is 0 Å². The molecule has 0 amide bonds. The Hall–Kier alpha value is -1.36. The van der Waals surface area contributed by atoms with Crippen LogP contribution < -0.4 is 9.80 Å². The Labute approximate surface area is 121 Å². The highest BCUT2D eigenvalue weighted by atomic mass is 15.3. The number of piperazine rings is 1. The van der Waals surface area contributed by atoms with Crippen molar-refractivity contribution in [3.63, 3.8) is 0 Å². The van der Waals surface area contributed by atoms with Gasteiger partial charge in [-0.25, -0.2) is 4.98 Å². The summed E-state index contributed by atoms with van der Waals surface area (Å²) in [7, 11) is 2.17. The summed E-state index contributed by atoms with van der Waals surface area (Å²) in [6.07, 6.45) is 4.52. The van der Waals surface area contributed by atoms with Crippen molar-refractivity contribution in [2.45, 2.75) is 19.8 Å². The summed E-state index contributed by atoms with van der Waals surface area (Å²) in [4.78, 5) is 16.3. The molecule has 0 radical (unpaired) electrons. The average molecular weight is 275 g/mol. The zero-order valence-electron chi connectivity index (χ0n) is 12.6. The van der Waals surface area contributed by atoms with Gasteiger partial charge in [-0.1, -0.05) is 6.92 Å². The van der Waals surface area contributed by atoms with Crippen molar-refractivity contribution in [3.8, 4) is 0 Å². The van der Waals surface area contributed by atoms with Gasteiger partial charge in [0.25, 0.3) is 0 Å². The van der Waals surface area contributed by atoms with Crippen LogP contribution >= 0.6 is 0 Å². The number of likely N-dealkylation sites (N-methyl/N-ethyl adjacent to an activating group) is 1. The lowest BCUT2D eigenvalue weighted by molar-refractivity contribution is 0.311. The fourth-order valence-electron chi connectivity index (χ4n) is 3.07. The third kappa shape index (κ3) is 3.03. The highest BCUT2D eigenvalue weighted by Gasteiger charge is 2.20. The molecule has 2 saturated heterocycles. The van der Waals surface area contributed by atoms with E-state index >= 15 is 0 Å². The minimum Gasteiger partial charge on any atom is -0.356 e. The van der Waals surface area contributed by atoms with Gasteiger partial charge in [-0.3, -0.25) is 0 Å². The van der Waals surface area contributed by atoms with Crippen LogP contribution in [0.25, 0.3) is 0 Å². The Balaban J connectivity index is 1.72. The molecule has 20 heavy (non-hydrogen) atoms. The van der Waals surface area contributed by atoms with E-state index in [4.69, 9.17) is 4.98 Å². The first-order valence-corrected chi connectivity index (χ1v) is 7.74. The summed E-state index contributed by atoms with van der Waals surface area (Å²) in [5.74, 6) is 2.76. The summed E-state index contributed by atoms with van der Waals surface area (Å²) in [5, 5.41) is 0. The molecule has 0 aromatic carbocycles. The van der Waals surface area contributed by atoms with Crippen molar-refractivity contribution >= 4 is 11.8 Å². The summed E-state index contributed by atoms with van der Waals surface area (Å²) in [6.45, 7) is 8.81. The fourth-order valence-corrected chi connectivity index (χ4v) is 3.07. The van der Waals surface area contributed by atoms with E-state index in [0.29, 0.717) is 0 Å². The summed E-state index contributed by atoms with van der Waals surface area (Å²) >= 11 is 0. The van der Waals surface area contributed by atoms with Crippen LogP contribution in [-0.2, 0) is 0 Å². The van der Waals surface area contributed by atoms with Crippen LogP contribution in [-0.4, -0.2) is 61.2 Å². The molecule has 0 aliphatic carbocycles. The van der Waals surface area contributed by atoms with Crippen LogP contribution in [0.15, 0.2) is 12.3 Å². The van der Waals surface area contributed by atoms with E-state index in [0.717, 1.165) is 57.0 Å². The standard InChI is InChI=1S/C15H25N5/c1-13-4-3-7-20(12-13)14-5-6-16-15(17-14)19-10-8-18(2)9-11-19/h5-6,13H,3-4,7-12H2,1-2H3. The van der Waals surface area contributed by atoms with E-state index in [1.54, 1.807) is 0 Å². The minimum atomic E-state index is 0.769.